The van der Waals surface area contributed by atoms with Crippen molar-refractivity contribution in [3.05, 3.63) is 15.6 Å². The fourth-order valence-corrected chi connectivity index (χ4v) is 3.22. The maximum Gasteiger partial charge on any atom is 0.107 e. The lowest BCUT2D eigenvalue weighted by molar-refractivity contribution is 0.148. The molecule has 1 aliphatic heterocycles. The fraction of sp³-hybridized carbons (Fsp3) is 0.750. The average molecular weight is 254 g/mol. The molecule has 0 radical (unpaired) electrons. The lowest BCUT2D eigenvalue weighted by Gasteiger charge is -2.31. The Labute approximate surface area is 107 Å². The molecule has 1 aromatic heterocycles. The summed E-state index contributed by atoms with van der Waals surface area (Å²) >= 11 is 1.77. The lowest BCUT2D eigenvalue weighted by atomic mass is 10.2. The van der Waals surface area contributed by atoms with Gasteiger partial charge in [0.2, 0.25) is 0 Å². The number of rotatable bonds is 3. The molecule has 4 nitrogen and oxygen atoms in total. The zero-order valence-corrected chi connectivity index (χ0v) is 11.8. The molecular formula is C12H22N4S. The summed E-state index contributed by atoms with van der Waals surface area (Å²) in [5, 5.41) is 1.21. The SMILES string of the molecule is Cc1nc(CN2CCN(C)CC2)sc1C(C)N. The molecular weight excluding hydrogens is 232 g/mol. The minimum atomic E-state index is 0.105. The minimum absolute atomic E-state index is 0.105. The van der Waals surface area contributed by atoms with Gasteiger partial charge in [0.1, 0.15) is 5.01 Å². The third-order valence-electron chi connectivity index (χ3n) is 3.25. The highest BCUT2D eigenvalue weighted by atomic mass is 32.1. The van der Waals surface area contributed by atoms with E-state index in [0.29, 0.717) is 0 Å². The molecule has 2 heterocycles. The van der Waals surface area contributed by atoms with Gasteiger partial charge >= 0.3 is 0 Å². The summed E-state index contributed by atoms with van der Waals surface area (Å²) in [4.78, 5) is 10.7. The van der Waals surface area contributed by atoms with Crippen molar-refractivity contribution in [3.63, 3.8) is 0 Å². The summed E-state index contributed by atoms with van der Waals surface area (Å²) in [6.07, 6.45) is 0. The van der Waals surface area contributed by atoms with E-state index in [0.717, 1.165) is 38.4 Å². The highest BCUT2D eigenvalue weighted by Crippen LogP contribution is 2.24. The van der Waals surface area contributed by atoms with Gasteiger partial charge in [-0.25, -0.2) is 4.98 Å². The predicted molar refractivity (Wildman–Crippen MR) is 72.2 cm³/mol. The van der Waals surface area contributed by atoms with Gasteiger partial charge in [-0.3, -0.25) is 4.90 Å². The summed E-state index contributed by atoms with van der Waals surface area (Å²) in [5.74, 6) is 0. The molecule has 0 aliphatic carbocycles. The Morgan fingerprint density at radius 2 is 2.00 bits per heavy atom. The van der Waals surface area contributed by atoms with Crippen LogP contribution in [0.25, 0.3) is 0 Å². The zero-order valence-electron chi connectivity index (χ0n) is 10.9. The highest BCUT2D eigenvalue weighted by molar-refractivity contribution is 7.11. The van der Waals surface area contributed by atoms with Gasteiger partial charge in [-0.2, -0.15) is 0 Å². The third-order valence-corrected chi connectivity index (χ3v) is 4.59. The molecule has 1 atom stereocenters. The number of thiazole rings is 1. The van der Waals surface area contributed by atoms with Crippen molar-refractivity contribution in [1.29, 1.82) is 0 Å². The number of hydrogen-bond donors (Lipinski definition) is 1. The van der Waals surface area contributed by atoms with Gasteiger partial charge in [0.05, 0.1) is 12.2 Å². The first-order valence-electron chi connectivity index (χ1n) is 6.19. The van der Waals surface area contributed by atoms with Gasteiger partial charge in [-0.15, -0.1) is 11.3 Å². The summed E-state index contributed by atoms with van der Waals surface area (Å²) in [6, 6.07) is 0.105. The van der Waals surface area contributed by atoms with Crippen LogP contribution in [0.5, 0.6) is 0 Å². The van der Waals surface area contributed by atoms with Crippen LogP contribution < -0.4 is 5.73 Å². The number of piperazine rings is 1. The second-order valence-electron chi connectivity index (χ2n) is 4.93. The standard InChI is InChI=1S/C12H22N4S/c1-9(13)12-10(2)14-11(17-12)8-16-6-4-15(3)5-7-16/h9H,4-8,13H2,1-3H3. The Hall–Kier alpha value is -0.490. The van der Waals surface area contributed by atoms with Crippen molar-refractivity contribution in [2.75, 3.05) is 33.2 Å². The average Bonchev–Trinajstić information content (AvgIpc) is 2.63. The summed E-state index contributed by atoms with van der Waals surface area (Å²) in [5.41, 5.74) is 7.04. The maximum absolute atomic E-state index is 5.93. The number of nitrogens with two attached hydrogens (primary N) is 1. The van der Waals surface area contributed by atoms with E-state index in [-0.39, 0.29) is 6.04 Å². The van der Waals surface area contributed by atoms with E-state index < -0.39 is 0 Å². The van der Waals surface area contributed by atoms with E-state index in [1.807, 2.05) is 6.92 Å². The number of hydrogen-bond acceptors (Lipinski definition) is 5. The zero-order chi connectivity index (χ0) is 12.4. The lowest BCUT2D eigenvalue weighted by Crippen LogP contribution is -2.43. The van der Waals surface area contributed by atoms with Crippen LogP contribution in [-0.2, 0) is 6.54 Å². The molecule has 1 unspecified atom stereocenters. The molecule has 1 aliphatic rings. The first-order chi connectivity index (χ1) is 8.06. The predicted octanol–water partition coefficient (Wildman–Crippen LogP) is 1.22. The Kier molecular flexibility index (Phi) is 4.14. The molecule has 0 saturated carbocycles. The Bertz CT molecular complexity index is 367. The number of likely N-dealkylation sites (N-methyl/N-ethyl adjacent to an activating group) is 1. The molecule has 0 bridgehead atoms. The molecule has 1 saturated heterocycles. The van der Waals surface area contributed by atoms with E-state index in [1.165, 1.54) is 9.88 Å². The molecule has 96 valence electrons. The third kappa shape index (κ3) is 3.25. The van der Waals surface area contributed by atoms with Crippen LogP contribution in [0.15, 0.2) is 0 Å². The van der Waals surface area contributed by atoms with Crippen molar-refractivity contribution in [2.24, 2.45) is 5.73 Å². The fourth-order valence-electron chi connectivity index (χ4n) is 2.15. The van der Waals surface area contributed by atoms with E-state index in [9.17, 15) is 0 Å². The maximum atomic E-state index is 5.93. The van der Waals surface area contributed by atoms with Crippen LogP contribution in [0, 0.1) is 6.92 Å². The van der Waals surface area contributed by atoms with Gasteiger partial charge in [0.15, 0.2) is 0 Å². The Morgan fingerprint density at radius 3 is 2.53 bits per heavy atom. The van der Waals surface area contributed by atoms with E-state index in [4.69, 9.17) is 5.73 Å². The van der Waals surface area contributed by atoms with Gasteiger partial charge in [0, 0.05) is 37.1 Å². The van der Waals surface area contributed by atoms with Crippen molar-refractivity contribution in [2.45, 2.75) is 26.4 Å². The van der Waals surface area contributed by atoms with Crippen LogP contribution in [0.2, 0.25) is 0 Å². The monoisotopic (exact) mass is 254 g/mol. The number of aromatic nitrogens is 1. The second kappa shape index (κ2) is 5.44. The van der Waals surface area contributed by atoms with Crippen molar-refractivity contribution >= 4 is 11.3 Å². The molecule has 2 N–H and O–H groups in total. The van der Waals surface area contributed by atoms with Crippen LogP contribution >= 0.6 is 11.3 Å². The van der Waals surface area contributed by atoms with Crippen LogP contribution in [-0.4, -0.2) is 48.0 Å². The van der Waals surface area contributed by atoms with E-state index in [2.05, 4.69) is 28.8 Å². The van der Waals surface area contributed by atoms with Crippen molar-refractivity contribution in [3.8, 4) is 0 Å². The molecule has 2 rings (SSSR count). The molecule has 1 aromatic rings. The van der Waals surface area contributed by atoms with Gasteiger partial charge < -0.3 is 10.6 Å². The topological polar surface area (TPSA) is 45.4 Å². The van der Waals surface area contributed by atoms with Gasteiger partial charge in [-0.05, 0) is 20.9 Å². The molecule has 17 heavy (non-hydrogen) atoms. The second-order valence-corrected chi connectivity index (χ2v) is 6.04. The summed E-state index contributed by atoms with van der Waals surface area (Å²) < 4.78 is 0. The van der Waals surface area contributed by atoms with Crippen LogP contribution in [0.4, 0.5) is 0 Å². The number of aryl methyl sites for hydroxylation is 1. The normalized spacial score (nSPS) is 20.7. The number of nitrogens with zero attached hydrogens (tertiary/aromatic N) is 3. The molecule has 0 aromatic carbocycles. The summed E-state index contributed by atoms with van der Waals surface area (Å²) in [6.45, 7) is 9.66. The molecule has 0 spiro atoms. The van der Waals surface area contributed by atoms with Gasteiger partial charge in [-0.1, -0.05) is 0 Å². The quantitative estimate of drug-likeness (QED) is 0.881. The highest BCUT2D eigenvalue weighted by Gasteiger charge is 2.17. The summed E-state index contributed by atoms with van der Waals surface area (Å²) in [7, 11) is 2.18. The minimum Gasteiger partial charge on any atom is -0.323 e. The van der Waals surface area contributed by atoms with Crippen LogP contribution in [0.1, 0.15) is 28.5 Å². The first kappa shape index (κ1) is 13.0. The molecule has 5 heteroatoms. The Morgan fingerprint density at radius 1 is 1.35 bits per heavy atom. The van der Waals surface area contributed by atoms with E-state index in [1.54, 1.807) is 11.3 Å². The molecule has 0 amide bonds. The van der Waals surface area contributed by atoms with Crippen molar-refractivity contribution in [1.82, 2.24) is 14.8 Å². The smallest absolute Gasteiger partial charge is 0.107 e. The largest absolute Gasteiger partial charge is 0.323 e. The first-order valence-corrected chi connectivity index (χ1v) is 7.00. The Balaban J connectivity index is 1.97. The van der Waals surface area contributed by atoms with Crippen molar-refractivity contribution < 1.29 is 0 Å². The van der Waals surface area contributed by atoms with Gasteiger partial charge in [0.25, 0.3) is 0 Å². The van der Waals surface area contributed by atoms with E-state index >= 15 is 0 Å². The molecule has 1 fully saturated rings. The van der Waals surface area contributed by atoms with Crippen LogP contribution in [0.3, 0.4) is 0 Å².